The fourth-order valence-corrected chi connectivity index (χ4v) is 8.06. The van der Waals surface area contributed by atoms with E-state index < -0.39 is 36.7 Å². The van der Waals surface area contributed by atoms with Gasteiger partial charge in [-0.2, -0.15) is 0 Å². The van der Waals surface area contributed by atoms with Gasteiger partial charge in [0.1, 0.15) is 18.3 Å². The zero-order valence-electron chi connectivity index (χ0n) is 19.4. The van der Waals surface area contributed by atoms with E-state index in [9.17, 15) is 30.0 Å². The van der Waals surface area contributed by atoms with E-state index in [4.69, 9.17) is 9.47 Å². The molecule has 11 atom stereocenters. The van der Waals surface area contributed by atoms with E-state index in [1.165, 1.54) is 5.57 Å². The summed E-state index contributed by atoms with van der Waals surface area (Å²) in [4.78, 5) is 23.5. The number of ether oxygens (including phenoxy) is 2. The van der Waals surface area contributed by atoms with Crippen LogP contribution in [0.4, 0.5) is 0 Å². The largest absolute Gasteiger partial charge is 0.479 e. The van der Waals surface area contributed by atoms with Crippen LogP contribution in [0.15, 0.2) is 11.6 Å². The number of hydrogen-bond acceptors (Lipinski definition) is 7. The fourth-order valence-electron chi connectivity index (χ4n) is 8.06. The SMILES string of the molecule is C[C@@]12CC[C@H]3[C@@H](CCC4=CC(=O)CC[C@@]43C)[C@H]1CC[C@@H]2O[C@H]1O[C@H](C(=O)O)[C@H](O)[C@@H](O)[C@@H]1O. The monoisotopic (exact) mass is 464 g/mol. The summed E-state index contributed by atoms with van der Waals surface area (Å²) in [6, 6.07) is 0. The first kappa shape index (κ1) is 23.4. The van der Waals surface area contributed by atoms with Crippen molar-refractivity contribution in [3.8, 4) is 0 Å². The van der Waals surface area contributed by atoms with Crippen LogP contribution in [-0.4, -0.2) is 69.0 Å². The number of aliphatic hydroxyl groups excluding tert-OH is 3. The molecule has 8 nitrogen and oxygen atoms in total. The molecule has 184 valence electrons. The topological polar surface area (TPSA) is 134 Å². The van der Waals surface area contributed by atoms with Crippen LogP contribution in [0.1, 0.15) is 65.2 Å². The number of ketones is 1. The predicted octanol–water partition coefficient (Wildman–Crippen LogP) is 1.80. The van der Waals surface area contributed by atoms with Crippen LogP contribution < -0.4 is 0 Å². The molecule has 4 aliphatic carbocycles. The first-order chi connectivity index (χ1) is 15.6. The Balaban J connectivity index is 1.34. The van der Waals surface area contributed by atoms with Gasteiger partial charge in [-0.05, 0) is 79.6 Å². The van der Waals surface area contributed by atoms with Crippen molar-refractivity contribution in [2.75, 3.05) is 0 Å². The lowest BCUT2D eigenvalue weighted by Crippen LogP contribution is -2.61. The number of hydrogen-bond donors (Lipinski definition) is 4. The Hall–Kier alpha value is -1.32. The molecule has 1 aliphatic heterocycles. The number of carbonyl (C=O) groups is 2. The number of aliphatic hydroxyl groups is 3. The second kappa shape index (κ2) is 8.12. The van der Waals surface area contributed by atoms with Crippen molar-refractivity contribution < 1.29 is 39.5 Å². The quantitative estimate of drug-likeness (QED) is 0.497. The highest BCUT2D eigenvalue weighted by Gasteiger charge is 2.60. The van der Waals surface area contributed by atoms with Crippen molar-refractivity contribution in [3.63, 3.8) is 0 Å². The van der Waals surface area contributed by atoms with Crippen molar-refractivity contribution >= 4 is 11.8 Å². The number of fused-ring (bicyclic) bond motifs is 5. The lowest BCUT2D eigenvalue weighted by molar-refractivity contribution is -0.312. The Morgan fingerprint density at radius 3 is 2.48 bits per heavy atom. The minimum absolute atomic E-state index is 0.0920. The molecule has 0 bridgehead atoms. The molecular formula is C25H36O8. The molecule has 4 fully saturated rings. The third-order valence-electron chi connectivity index (χ3n) is 9.99. The minimum atomic E-state index is -1.72. The normalized spacial score (nSPS) is 51.8. The summed E-state index contributed by atoms with van der Waals surface area (Å²) in [5, 5.41) is 39.9. The maximum Gasteiger partial charge on any atom is 0.335 e. The van der Waals surface area contributed by atoms with E-state index in [1.807, 2.05) is 6.08 Å². The lowest BCUT2D eigenvalue weighted by Gasteiger charge is -2.58. The van der Waals surface area contributed by atoms with Gasteiger partial charge in [0, 0.05) is 6.42 Å². The molecule has 0 aromatic carbocycles. The fraction of sp³-hybridized carbons (Fsp3) is 0.840. The van der Waals surface area contributed by atoms with Crippen molar-refractivity contribution in [2.45, 2.75) is 102 Å². The van der Waals surface area contributed by atoms with Crippen LogP contribution in [0, 0.1) is 28.6 Å². The van der Waals surface area contributed by atoms with Crippen LogP contribution in [0.5, 0.6) is 0 Å². The van der Waals surface area contributed by atoms with E-state index >= 15 is 0 Å². The van der Waals surface area contributed by atoms with Gasteiger partial charge in [-0.25, -0.2) is 4.79 Å². The highest BCUT2D eigenvalue weighted by molar-refractivity contribution is 5.91. The highest BCUT2D eigenvalue weighted by atomic mass is 16.7. The van der Waals surface area contributed by atoms with Gasteiger partial charge in [-0.3, -0.25) is 4.79 Å². The van der Waals surface area contributed by atoms with Crippen LogP contribution in [0.3, 0.4) is 0 Å². The van der Waals surface area contributed by atoms with Gasteiger partial charge in [-0.15, -0.1) is 0 Å². The Morgan fingerprint density at radius 2 is 1.76 bits per heavy atom. The molecule has 0 amide bonds. The number of carboxylic acids is 1. The maximum absolute atomic E-state index is 12.0. The van der Waals surface area contributed by atoms with Crippen molar-refractivity contribution in [1.82, 2.24) is 0 Å². The number of aliphatic carboxylic acids is 1. The molecule has 33 heavy (non-hydrogen) atoms. The average Bonchev–Trinajstić information content (AvgIpc) is 3.10. The van der Waals surface area contributed by atoms with Gasteiger partial charge >= 0.3 is 5.97 Å². The standard InChI is InChI=1S/C25H36O8/c1-24-9-7-13(26)11-12(24)3-4-14-15-5-6-17(25(15,2)10-8-16(14)24)32-23-20(29)18(27)19(28)21(33-23)22(30)31/h11,14-21,23,27-29H,3-10H2,1-2H3,(H,30,31)/t14-,15+,16-,17-,18+,19+,20-,21-,23-,24-,25+/m0/s1. The summed E-state index contributed by atoms with van der Waals surface area (Å²) >= 11 is 0. The maximum atomic E-state index is 12.0. The summed E-state index contributed by atoms with van der Waals surface area (Å²) in [7, 11) is 0. The summed E-state index contributed by atoms with van der Waals surface area (Å²) in [5.74, 6) is 0.400. The van der Waals surface area contributed by atoms with E-state index in [0.29, 0.717) is 24.2 Å². The van der Waals surface area contributed by atoms with Gasteiger partial charge in [0.15, 0.2) is 18.2 Å². The van der Waals surface area contributed by atoms with Crippen LogP contribution in [0.25, 0.3) is 0 Å². The molecule has 0 aromatic heterocycles. The molecule has 5 rings (SSSR count). The zero-order chi connectivity index (χ0) is 23.7. The summed E-state index contributed by atoms with van der Waals surface area (Å²) < 4.78 is 11.6. The smallest absolute Gasteiger partial charge is 0.335 e. The molecular weight excluding hydrogens is 428 g/mol. The summed E-state index contributed by atoms with van der Waals surface area (Å²) in [5.41, 5.74) is 1.29. The molecule has 1 saturated heterocycles. The van der Waals surface area contributed by atoms with Crippen LogP contribution in [-0.2, 0) is 19.1 Å². The predicted molar refractivity (Wildman–Crippen MR) is 116 cm³/mol. The molecule has 0 unspecified atom stereocenters. The first-order valence-corrected chi connectivity index (χ1v) is 12.4. The van der Waals surface area contributed by atoms with Crippen molar-refractivity contribution in [1.29, 1.82) is 0 Å². The van der Waals surface area contributed by atoms with Gasteiger partial charge < -0.3 is 29.9 Å². The summed E-state index contributed by atoms with van der Waals surface area (Å²) in [6.45, 7) is 4.58. The zero-order valence-corrected chi connectivity index (χ0v) is 19.4. The molecule has 0 radical (unpaired) electrons. The molecule has 1 heterocycles. The van der Waals surface area contributed by atoms with E-state index in [2.05, 4.69) is 13.8 Å². The second-order valence-electron chi connectivity index (χ2n) is 11.5. The van der Waals surface area contributed by atoms with Gasteiger partial charge in [0.05, 0.1) is 6.10 Å². The second-order valence-corrected chi connectivity index (χ2v) is 11.5. The number of carboxylic acid groups (broad SMARTS) is 1. The van der Waals surface area contributed by atoms with Crippen molar-refractivity contribution in [3.05, 3.63) is 11.6 Å². The Labute approximate surface area is 194 Å². The average molecular weight is 465 g/mol. The van der Waals surface area contributed by atoms with Crippen LogP contribution >= 0.6 is 0 Å². The Kier molecular flexibility index (Phi) is 5.77. The van der Waals surface area contributed by atoms with E-state index in [1.54, 1.807) is 0 Å². The summed E-state index contributed by atoms with van der Waals surface area (Å²) in [6.07, 6.45) is 1.24. The van der Waals surface area contributed by atoms with E-state index in [0.717, 1.165) is 44.9 Å². The lowest BCUT2D eigenvalue weighted by atomic mass is 9.47. The van der Waals surface area contributed by atoms with Gasteiger partial charge in [-0.1, -0.05) is 19.4 Å². The molecule has 8 heteroatoms. The molecule has 4 N–H and O–H groups in total. The third-order valence-corrected chi connectivity index (χ3v) is 9.99. The van der Waals surface area contributed by atoms with Crippen molar-refractivity contribution in [2.24, 2.45) is 28.6 Å². The van der Waals surface area contributed by atoms with Gasteiger partial charge in [0.2, 0.25) is 0 Å². The number of allylic oxidation sites excluding steroid dienone is 1. The molecule has 5 aliphatic rings. The number of rotatable bonds is 3. The molecule has 0 spiro atoms. The third kappa shape index (κ3) is 3.52. The first-order valence-electron chi connectivity index (χ1n) is 12.4. The molecule has 3 saturated carbocycles. The van der Waals surface area contributed by atoms with Crippen LogP contribution in [0.2, 0.25) is 0 Å². The Bertz CT molecular complexity index is 855. The molecule has 0 aromatic rings. The number of carbonyl (C=O) groups excluding carboxylic acids is 1. The highest BCUT2D eigenvalue weighted by Crippen LogP contribution is 2.65. The minimum Gasteiger partial charge on any atom is -0.479 e. The van der Waals surface area contributed by atoms with Gasteiger partial charge in [0.25, 0.3) is 0 Å². The van der Waals surface area contributed by atoms with E-state index in [-0.39, 0.29) is 22.7 Å². The Morgan fingerprint density at radius 1 is 1.00 bits per heavy atom.